The van der Waals surface area contributed by atoms with Crippen LogP contribution in [0.15, 0.2) is 34.1 Å². The van der Waals surface area contributed by atoms with Gasteiger partial charge in [-0.05, 0) is 18.6 Å². The van der Waals surface area contributed by atoms with Gasteiger partial charge in [0.2, 0.25) is 11.8 Å². The molecule has 1 amide bonds. The molecule has 0 aliphatic carbocycles. The van der Waals surface area contributed by atoms with Gasteiger partial charge in [0.1, 0.15) is 6.54 Å². The van der Waals surface area contributed by atoms with Crippen molar-refractivity contribution in [2.75, 3.05) is 11.5 Å². The quantitative estimate of drug-likeness (QED) is 0.771. The number of benzene rings is 1. The Bertz CT molecular complexity index is 1170. The minimum atomic E-state index is -3.11. The van der Waals surface area contributed by atoms with E-state index in [1.54, 1.807) is 12.3 Å². The van der Waals surface area contributed by atoms with Gasteiger partial charge >= 0.3 is 4.87 Å². The third kappa shape index (κ3) is 3.65. The number of thiazole rings is 1. The molecule has 2 aliphatic heterocycles. The van der Waals surface area contributed by atoms with Crippen molar-refractivity contribution >= 4 is 50.6 Å². The minimum Gasteiger partial charge on any atom is -0.493 e. The Morgan fingerprint density at radius 2 is 2.18 bits per heavy atom. The van der Waals surface area contributed by atoms with Gasteiger partial charge in [-0.2, -0.15) is 0 Å². The number of para-hydroxylation sites is 1. The predicted molar refractivity (Wildman–Crippen MR) is 108 cm³/mol. The van der Waals surface area contributed by atoms with Gasteiger partial charge in [-0.15, -0.1) is 0 Å². The molecule has 0 bridgehead atoms. The van der Waals surface area contributed by atoms with Crippen LogP contribution in [0.1, 0.15) is 16.9 Å². The van der Waals surface area contributed by atoms with Gasteiger partial charge in [0.15, 0.2) is 9.84 Å². The van der Waals surface area contributed by atoms with Crippen molar-refractivity contribution in [3.8, 4) is 5.88 Å². The number of aromatic hydroxyl groups is 1. The van der Waals surface area contributed by atoms with E-state index in [4.69, 9.17) is 0 Å². The number of sulfone groups is 1. The van der Waals surface area contributed by atoms with Crippen LogP contribution in [-0.2, 0) is 21.2 Å². The second kappa shape index (κ2) is 7.02. The lowest BCUT2D eigenvalue weighted by Gasteiger charge is -2.11. The van der Waals surface area contributed by atoms with E-state index < -0.39 is 26.7 Å². The summed E-state index contributed by atoms with van der Waals surface area (Å²) in [6.07, 6.45) is 3.68. The number of hydrogen-bond acceptors (Lipinski definition) is 7. The molecule has 3 heterocycles. The van der Waals surface area contributed by atoms with Crippen LogP contribution >= 0.6 is 11.3 Å². The molecule has 1 saturated heterocycles. The molecular formula is C18H17N3O5S2. The van der Waals surface area contributed by atoms with E-state index in [-0.39, 0.29) is 23.9 Å². The number of nitrogens with zero attached hydrogens (tertiary/aromatic N) is 2. The fourth-order valence-electron chi connectivity index (χ4n) is 3.27. The van der Waals surface area contributed by atoms with Gasteiger partial charge < -0.3 is 10.4 Å². The summed E-state index contributed by atoms with van der Waals surface area (Å²) >= 11 is 0.830. The fraction of sp³-hybridized carbons (Fsp3) is 0.278. The number of carbonyl (C=O) groups excluding carboxylic acids is 1. The number of allylic oxidation sites excluding steroid dienone is 1. The van der Waals surface area contributed by atoms with Crippen molar-refractivity contribution in [1.82, 2.24) is 9.88 Å². The molecule has 2 N–H and O–H groups in total. The largest absolute Gasteiger partial charge is 0.493 e. The van der Waals surface area contributed by atoms with Crippen molar-refractivity contribution in [1.29, 1.82) is 0 Å². The second-order valence-electron chi connectivity index (χ2n) is 6.68. The Hall–Kier alpha value is -2.72. The summed E-state index contributed by atoms with van der Waals surface area (Å²) < 4.78 is 23.9. The van der Waals surface area contributed by atoms with Crippen LogP contribution in [0.3, 0.4) is 0 Å². The normalized spacial score (nSPS) is 21.1. The van der Waals surface area contributed by atoms with Gasteiger partial charge in [-0.25, -0.2) is 8.42 Å². The zero-order valence-corrected chi connectivity index (χ0v) is 16.3. The van der Waals surface area contributed by atoms with E-state index in [2.05, 4.69) is 10.3 Å². The van der Waals surface area contributed by atoms with E-state index in [1.165, 1.54) is 0 Å². The highest BCUT2D eigenvalue weighted by atomic mass is 32.2. The lowest BCUT2D eigenvalue weighted by atomic mass is 10.1. The van der Waals surface area contributed by atoms with Crippen LogP contribution < -0.4 is 10.2 Å². The van der Waals surface area contributed by atoms with Gasteiger partial charge in [0.05, 0.1) is 22.1 Å². The van der Waals surface area contributed by atoms with Crippen molar-refractivity contribution in [3.63, 3.8) is 0 Å². The number of fused-ring (bicyclic) bond motifs is 1. The average Bonchev–Trinajstić information content (AvgIpc) is 3.28. The van der Waals surface area contributed by atoms with Gasteiger partial charge in [-0.3, -0.25) is 19.1 Å². The summed E-state index contributed by atoms with van der Waals surface area (Å²) in [6.45, 7) is -0.369. The average molecular weight is 419 g/mol. The molecule has 1 atom stereocenters. The fourth-order valence-corrected chi connectivity index (χ4v) is 5.78. The molecule has 8 nitrogen and oxygen atoms in total. The maximum atomic E-state index is 12.2. The minimum absolute atomic E-state index is 0.0440. The first-order valence-electron chi connectivity index (χ1n) is 8.60. The Labute approximate surface area is 164 Å². The smallest absolute Gasteiger partial charge is 0.311 e. The molecule has 1 fully saturated rings. The number of aliphatic imine (C=N–C) groups is 1. The Morgan fingerprint density at radius 1 is 1.39 bits per heavy atom. The highest BCUT2D eigenvalue weighted by molar-refractivity contribution is 7.91. The van der Waals surface area contributed by atoms with Crippen LogP contribution in [0.25, 0.3) is 11.6 Å². The van der Waals surface area contributed by atoms with E-state index in [0.29, 0.717) is 11.3 Å². The van der Waals surface area contributed by atoms with Crippen molar-refractivity contribution < 1.29 is 18.3 Å². The molecule has 1 unspecified atom stereocenters. The maximum Gasteiger partial charge on any atom is 0.311 e. The Kier molecular flexibility index (Phi) is 4.68. The predicted octanol–water partition coefficient (Wildman–Crippen LogP) is 1.18. The van der Waals surface area contributed by atoms with Crippen LogP contribution in [0.2, 0.25) is 0 Å². The molecule has 10 heteroatoms. The first-order valence-corrected chi connectivity index (χ1v) is 11.2. The molecule has 146 valence electrons. The molecule has 2 aromatic rings. The lowest BCUT2D eigenvalue weighted by molar-refractivity contribution is -0.122. The standard InChI is InChI=1S/C18H17N3O5S2/c22-16(20-12-5-6-28(25,26)10-12)9-21-17(23)15(27-18(21)24)7-11-8-19-14-4-2-1-3-13(11)14/h1-4,7-8,12,23H,5-6,9-10H2,(H,20,22)/b11-7+. The molecule has 2 aliphatic rings. The van der Waals surface area contributed by atoms with E-state index >= 15 is 0 Å². The molecule has 0 spiro atoms. The molecule has 1 aromatic carbocycles. The summed E-state index contributed by atoms with van der Waals surface area (Å²) in [7, 11) is -3.11. The maximum absolute atomic E-state index is 12.2. The van der Waals surface area contributed by atoms with Gasteiger partial charge in [0.25, 0.3) is 0 Å². The number of amides is 1. The Balaban J connectivity index is 1.52. The summed E-state index contributed by atoms with van der Waals surface area (Å²) in [5.74, 6) is -0.861. The van der Waals surface area contributed by atoms with Crippen LogP contribution in [0.5, 0.6) is 5.88 Å². The zero-order valence-electron chi connectivity index (χ0n) is 14.7. The first-order chi connectivity index (χ1) is 13.3. The zero-order chi connectivity index (χ0) is 19.9. The number of nitrogens with one attached hydrogen (secondary N) is 1. The van der Waals surface area contributed by atoms with E-state index in [0.717, 1.165) is 32.7 Å². The van der Waals surface area contributed by atoms with Crippen molar-refractivity contribution in [2.45, 2.75) is 19.0 Å². The highest BCUT2D eigenvalue weighted by Gasteiger charge is 2.29. The third-order valence-electron chi connectivity index (χ3n) is 4.64. The highest BCUT2D eigenvalue weighted by Crippen LogP contribution is 2.34. The third-order valence-corrected chi connectivity index (χ3v) is 7.32. The first kappa shape index (κ1) is 18.6. The SMILES string of the molecule is O=C(Cn1c(O)c(/C=C2\C=Nc3ccccc32)sc1=O)NC1CCS(=O)(=O)C1. The number of rotatable bonds is 4. The summed E-state index contributed by atoms with van der Waals surface area (Å²) in [6, 6.07) is 7.06. The van der Waals surface area contributed by atoms with Crippen molar-refractivity contribution in [2.24, 2.45) is 4.99 Å². The number of hydrogen-bond donors (Lipinski definition) is 2. The van der Waals surface area contributed by atoms with Gasteiger partial charge in [-0.1, -0.05) is 29.5 Å². The lowest BCUT2D eigenvalue weighted by Crippen LogP contribution is -2.38. The van der Waals surface area contributed by atoms with Crippen LogP contribution in [0.4, 0.5) is 5.69 Å². The molecule has 0 radical (unpaired) electrons. The summed E-state index contributed by atoms with van der Waals surface area (Å²) in [4.78, 5) is 28.6. The van der Waals surface area contributed by atoms with Gasteiger partial charge in [0, 0.05) is 23.4 Å². The molecule has 0 saturated carbocycles. The second-order valence-corrected chi connectivity index (χ2v) is 9.91. The molecular weight excluding hydrogens is 402 g/mol. The Morgan fingerprint density at radius 3 is 2.93 bits per heavy atom. The van der Waals surface area contributed by atoms with Crippen molar-refractivity contribution in [3.05, 3.63) is 44.4 Å². The molecule has 4 rings (SSSR count). The summed E-state index contributed by atoms with van der Waals surface area (Å²) in [5.41, 5.74) is 2.47. The monoisotopic (exact) mass is 419 g/mol. The summed E-state index contributed by atoms with van der Waals surface area (Å²) in [5, 5.41) is 13.0. The van der Waals surface area contributed by atoms with E-state index in [9.17, 15) is 23.1 Å². The van der Waals surface area contributed by atoms with E-state index in [1.807, 2.05) is 24.3 Å². The topological polar surface area (TPSA) is 118 Å². The molecule has 28 heavy (non-hydrogen) atoms. The van der Waals surface area contributed by atoms with Crippen LogP contribution in [-0.4, -0.2) is 47.8 Å². The molecule has 1 aromatic heterocycles. The number of carbonyl (C=O) groups is 1. The van der Waals surface area contributed by atoms with Crippen LogP contribution in [0, 0.1) is 0 Å². The number of aromatic nitrogens is 1.